The number of aromatic nitrogens is 5. The predicted molar refractivity (Wildman–Crippen MR) is 80.7 cm³/mol. The van der Waals surface area contributed by atoms with Crippen molar-refractivity contribution in [2.75, 3.05) is 0 Å². The number of H-pyrrole nitrogens is 1. The zero-order chi connectivity index (χ0) is 14.1. The Morgan fingerprint density at radius 2 is 1.90 bits per heavy atom. The van der Waals surface area contributed by atoms with Crippen LogP contribution in [0.3, 0.4) is 0 Å². The largest absolute Gasteiger partial charge is 0.268 e. The van der Waals surface area contributed by atoms with Crippen molar-refractivity contribution in [3.05, 3.63) is 66.7 Å². The van der Waals surface area contributed by atoms with Crippen LogP contribution in [0.25, 0.3) is 22.2 Å². The fourth-order valence-electron chi connectivity index (χ4n) is 2.36. The lowest BCUT2D eigenvalue weighted by atomic mass is 10.1. The summed E-state index contributed by atoms with van der Waals surface area (Å²) in [5.74, 6) is 0. The minimum atomic E-state index is 0.766. The molecule has 3 aromatic heterocycles. The molecule has 4 aromatic rings. The van der Waals surface area contributed by atoms with Crippen molar-refractivity contribution >= 4 is 11.0 Å². The number of hydrogen-bond acceptors (Lipinski definition) is 3. The second-order valence-electron chi connectivity index (χ2n) is 4.94. The zero-order valence-electron chi connectivity index (χ0n) is 11.3. The van der Waals surface area contributed by atoms with Crippen molar-refractivity contribution in [1.29, 1.82) is 0 Å². The maximum atomic E-state index is 4.42. The van der Waals surface area contributed by atoms with Crippen molar-refractivity contribution in [3.8, 4) is 11.1 Å². The van der Waals surface area contributed by atoms with E-state index in [4.69, 9.17) is 0 Å². The van der Waals surface area contributed by atoms with E-state index < -0.39 is 0 Å². The van der Waals surface area contributed by atoms with Gasteiger partial charge in [-0.3, -0.25) is 9.78 Å². The number of pyridine rings is 1. The molecule has 0 fully saturated rings. The van der Waals surface area contributed by atoms with E-state index in [0.717, 1.165) is 28.7 Å². The monoisotopic (exact) mass is 275 g/mol. The lowest BCUT2D eigenvalue weighted by molar-refractivity contribution is 0.687. The lowest BCUT2D eigenvalue weighted by Crippen LogP contribution is -1.99. The van der Waals surface area contributed by atoms with E-state index in [9.17, 15) is 0 Å². The molecule has 5 heteroatoms. The summed E-state index contributed by atoms with van der Waals surface area (Å²) < 4.78 is 1.93. The van der Waals surface area contributed by atoms with E-state index in [0.29, 0.717) is 0 Å². The quantitative estimate of drug-likeness (QED) is 0.625. The van der Waals surface area contributed by atoms with Gasteiger partial charge in [-0.05, 0) is 11.6 Å². The molecule has 0 aliphatic carbocycles. The molecule has 102 valence electrons. The van der Waals surface area contributed by atoms with Crippen LogP contribution in [-0.2, 0) is 6.54 Å². The van der Waals surface area contributed by atoms with E-state index in [2.05, 4.69) is 38.5 Å². The van der Waals surface area contributed by atoms with E-state index in [1.807, 2.05) is 41.5 Å². The van der Waals surface area contributed by atoms with E-state index >= 15 is 0 Å². The molecule has 0 saturated heterocycles. The molecular formula is C16H13N5. The van der Waals surface area contributed by atoms with Crippen molar-refractivity contribution in [3.63, 3.8) is 0 Å². The number of nitrogens with zero attached hydrogens (tertiary/aromatic N) is 4. The molecule has 0 saturated carbocycles. The van der Waals surface area contributed by atoms with Crippen molar-refractivity contribution in [2.24, 2.45) is 0 Å². The molecule has 0 radical (unpaired) electrons. The van der Waals surface area contributed by atoms with Gasteiger partial charge >= 0.3 is 0 Å². The normalized spacial score (nSPS) is 11.0. The summed E-state index contributed by atoms with van der Waals surface area (Å²) >= 11 is 0. The third kappa shape index (κ3) is 2.29. The van der Waals surface area contributed by atoms with Gasteiger partial charge in [0.05, 0.1) is 18.9 Å². The molecule has 5 nitrogen and oxygen atoms in total. The summed E-state index contributed by atoms with van der Waals surface area (Å²) in [4.78, 5) is 4.36. The molecule has 0 atom stereocenters. The van der Waals surface area contributed by atoms with E-state index in [1.54, 1.807) is 6.20 Å². The Balaban J connectivity index is 1.64. The second-order valence-corrected chi connectivity index (χ2v) is 4.94. The summed E-state index contributed by atoms with van der Waals surface area (Å²) in [5, 5.41) is 12.3. The summed E-state index contributed by atoms with van der Waals surface area (Å²) in [6, 6.07) is 12.4. The third-order valence-electron chi connectivity index (χ3n) is 3.45. The maximum absolute atomic E-state index is 4.42. The summed E-state index contributed by atoms with van der Waals surface area (Å²) in [5.41, 5.74) is 4.13. The fraction of sp³-hybridized carbons (Fsp3) is 0.0625. The Labute approximate surface area is 121 Å². The van der Waals surface area contributed by atoms with Gasteiger partial charge in [-0.25, -0.2) is 4.98 Å². The SMILES string of the molecule is c1ccc(Cn2cc(-c3cnc4[nH]ncc4c3)cn2)cc1. The molecule has 3 heterocycles. The Kier molecular flexibility index (Phi) is 2.74. The van der Waals surface area contributed by atoms with Crippen LogP contribution in [0, 0.1) is 0 Å². The highest BCUT2D eigenvalue weighted by Gasteiger charge is 2.05. The first-order valence-corrected chi connectivity index (χ1v) is 6.74. The summed E-state index contributed by atoms with van der Waals surface area (Å²) in [6.07, 6.45) is 7.52. The predicted octanol–water partition coefficient (Wildman–Crippen LogP) is 2.87. The molecule has 1 aromatic carbocycles. The molecular weight excluding hydrogens is 262 g/mol. The molecule has 0 aliphatic heterocycles. The van der Waals surface area contributed by atoms with Crippen molar-refractivity contribution < 1.29 is 0 Å². The van der Waals surface area contributed by atoms with Crippen molar-refractivity contribution in [1.82, 2.24) is 25.0 Å². The smallest absolute Gasteiger partial charge is 0.155 e. The van der Waals surface area contributed by atoms with Crippen LogP contribution in [0.15, 0.2) is 61.2 Å². The fourth-order valence-corrected chi connectivity index (χ4v) is 2.36. The topological polar surface area (TPSA) is 59.4 Å². The maximum Gasteiger partial charge on any atom is 0.155 e. The van der Waals surface area contributed by atoms with Gasteiger partial charge in [-0.15, -0.1) is 0 Å². The van der Waals surface area contributed by atoms with Gasteiger partial charge < -0.3 is 0 Å². The molecule has 0 aliphatic rings. The minimum Gasteiger partial charge on any atom is -0.268 e. The van der Waals surface area contributed by atoms with Gasteiger partial charge in [0.25, 0.3) is 0 Å². The van der Waals surface area contributed by atoms with Crippen LogP contribution in [-0.4, -0.2) is 25.0 Å². The number of nitrogens with one attached hydrogen (secondary N) is 1. The van der Waals surface area contributed by atoms with E-state index in [-0.39, 0.29) is 0 Å². The second kappa shape index (κ2) is 4.86. The average Bonchev–Trinajstić information content (AvgIpc) is 3.16. The Morgan fingerprint density at radius 1 is 1.00 bits per heavy atom. The average molecular weight is 275 g/mol. The van der Waals surface area contributed by atoms with Crippen LogP contribution >= 0.6 is 0 Å². The van der Waals surface area contributed by atoms with Gasteiger partial charge in [0.15, 0.2) is 5.65 Å². The molecule has 21 heavy (non-hydrogen) atoms. The van der Waals surface area contributed by atoms with Crippen LogP contribution < -0.4 is 0 Å². The minimum absolute atomic E-state index is 0.766. The van der Waals surface area contributed by atoms with Gasteiger partial charge in [-0.1, -0.05) is 30.3 Å². The van der Waals surface area contributed by atoms with Gasteiger partial charge in [0.1, 0.15) is 0 Å². The van der Waals surface area contributed by atoms with Gasteiger partial charge in [0.2, 0.25) is 0 Å². The number of aromatic amines is 1. The van der Waals surface area contributed by atoms with Crippen molar-refractivity contribution in [2.45, 2.75) is 6.54 Å². The Morgan fingerprint density at radius 3 is 2.81 bits per heavy atom. The first-order chi connectivity index (χ1) is 10.4. The number of hydrogen-bond donors (Lipinski definition) is 1. The number of fused-ring (bicyclic) bond motifs is 1. The first kappa shape index (κ1) is 11.8. The van der Waals surface area contributed by atoms with Crippen LogP contribution in [0.5, 0.6) is 0 Å². The highest BCUT2D eigenvalue weighted by atomic mass is 15.3. The Bertz CT molecular complexity index is 876. The molecule has 0 bridgehead atoms. The highest BCUT2D eigenvalue weighted by molar-refractivity contribution is 5.79. The van der Waals surface area contributed by atoms with E-state index in [1.165, 1.54) is 5.56 Å². The van der Waals surface area contributed by atoms with Gasteiger partial charge in [0, 0.05) is 28.9 Å². The number of rotatable bonds is 3. The first-order valence-electron chi connectivity index (χ1n) is 6.74. The number of benzene rings is 1. The lowest BCUT2D eigenvalue weighted by Gasteiger charge is -2.01. The van der Waals surface area contributed by atoms with Gasteiger partial charge in [-0.2, -0.15) is 10.2 Å². The molecule has 1 N–H and O–H groups in total. The molecule has 0 amide bonds. The summed E-state index contributed by atoms with van der Waals surface area (Å²) in [6.45, 7) is 0.766. The molecule has 0 spiro atoms. The highest BCUT2D eigenvalue weighted by Crippen LogP contribution is 2.21. The van der Waals surface area contributed by atoms with Crippen LogP contribution in [0.2, 0.25) is 0 Å². The van der Waals surface area contributed by atoms with Crippen LogP contribution in [0.4, 0.5) is 0 Å². The standard InChI is InChI=1S/C16H13N5/c1-2-4-12(5-3-1)10-21-11-15(9-19-21)13-6-14-8-18-20-16(14)17-7-13/h1-9,11H,10H2,(H,17,18,20). The van der Waals surface area contributed by atoms with Crippen LogP contribution in [0.1, 0.15) is 5.56 Å². The zero-order valence-corrected chi connectivity index (χ0v) is 11.3. The molecule has 0 unspecified atom stereocenters. The molecule has 4 rings (SSSR count). The third-order valence-corrected chi connectivity index (χ3v) is 3.45. The Hall–Kier alpha value is -2.95. The summed E-state index contributed by atoms with van der Waals surface area (Å²) in [7, 11) is 0.